The van der Waals surface area contributed by atoms with Crippen LogP contribution in [0, 0.1) is 5.92 Å². The van der Waals surface area contributed by atoms with E-state index in [1.165, 1.54) is 17.7 Å². The molecule has 0 aromatic heterocycles. The number of carbonyl (C=O) groups is 3. The highest BCUT2D eigenvalue weighted by atomic mass is 16.4. The number of nitrogens with one attached hydrogen (secondary N) is 1. The molecule has 2 aromatic rings. The lowest BCUT2D eigenvalue weighted by Gasteiger charge is -2.32. The molecule has 152 valence electrons. The van der Waals surface area contributed by atoms with E-state index < -0.39 is 5.97 Å². The SMILES string of the molecule is O=C(Cc1cccc(C(=O)O)c1)NCC(=O)N1CCC(Cc2ccccc2)CC1. The number of rotatable bonds is 7. The largest absolute Gasteiger partial charge is 0.478 e. The van der Waals surface area contributed by atoms with E-state index in [9.17, 15) is 14.4 Å². The summed E-state index contributed by atoms with van der Waals surface area (Å²) in [4.78, 5) is 37.3. The van der Waals surface area contributed by atoms with Crippen molar-refractivity contribution in [3.63, 3.8) is 0 Å². The maximum Gasteiger partial charge on any atom is 0.335 e. The normalized spacial score (nSPS) is 14.4. The fraction of sp³-hybridized carbons (Fsp3) is 0.348. The summed E-state index contributed by atoms with van der Waals surface area (Å²) in [6.45, 7) is 1.40. The molecule has 0 saturated carbocycles. The van der Waals surface area contributed by atoms with Gasteiger partial charge in [0.05, 0.1) is 18.5 Å². The number of hydrogen-bond donors (Lipinski definition) is 2. The number of carboxylic acids is 1. The first-order valence-electron chi connectivity index (χ1n) is 9.92. The van der Waals surface area contributed by atoms with Gasteiger partial charge in [0.25, 0.3) is 0 Å². The first-order chi connectivity index (χ1) is 14.0. The van der Waals surface area contributed by atoms with Gasteiger partial charge in [0, 0.05) is 13.1 Å². The molecule has 0 unspecified atom stereocenters. The van der Waals surface area contributed by atoms with Gasteiger partial charge in [-0.3, -0.25) is 9.59 Å². The van der Waals surface area contributed by atoms with Crippen LogP contribution in [0.25, 0.3) is 0 Å². The smallest absolute Gasteiger partial charge is 0.335 e. The average molecular weight is 394 g/mol. The maximum atomic E-state index is 12.4. The Morgan fingerprint density at radius 3 is 2.34 bits per heavy atom. The van der Waals surface area contributed by atoms with Crippen LogP contribution >= 0.6 is 0 Å². The van der Waals surface area contributed by atoms with Gasteiger partial charge in [-0.25, -0.2) is 4.79 Å². The first kappa shape index (κ1) is 20.6. The molecule has 1 heterocycles. The Hall–Kier alpha value is -3.15. The van der Waals surface area contributed by atoms with Gasteiger partial charge in [0.1, 0.15) is 0 Å². The van der Waals surface area contributed by atoms with Gasteiger partial charge < -0.3 is 15.3 Å². The molecule has 29 heavy (non-hydrogen) atoms. The second-order valence-electron chi connectivity index (χ2n) is 7.47. The number of carbonyl (C=O) groups excluding carboxylic acids is 2. The van der Waals surface area contributed by atoms with Crippen molar-refractivity contribution in [2.75, 3.05) is 19.6 Å². The molecule has 0 bridgehead atoms. The Labute approximate surface area is 170 Å². The minimum atomic E-state index is -1.03. The van der Waals surface area contributed by atoms with Crippen molar-refractivity contribution in [2.24, 2.45) is 5.92 Å². The van der Waals surface area contributed by atoms with Gasteiger partial charge in [0.2, 0.25) is 11.8 Å². The topological polar surface area (TPSA) is 86.7 Å². The van der Waals surface area contributed by atoms with Crippen LogP contribution in [0.4, 0.5) is 0 Å². The van der Waals surface area contributed by atoms with E-state index in [1.54, 1.807) is 12.1 Å². The van der Waals surface area contributed by atoms with Gasteiger partial charge in [-0.1, -0.05) is 42.5 Å². The van der Waals surface area contributed by atoms with Crippen LogP contribution in [0.1, 0.15) is 34.3 Å². The standard InChI is InChI=1S/C23H26N2O4/c26-21(15-19-7-4-8-20(14-19)23(28)29)24-16-22(27)25-11-9-18(10-12-25)13-17-5-2-1-3-6-17/h1-8,14,18H,9-13,15-16H2,(H,24,26)(H,28,29). The zero-order chi connectivity index (χ0) is 20.6. The molecule has 0 atom stereocenters. The van der Waals surface area contributed by atoms with Crippen LogP contribution in [-0.2, 0) is 22.4 Å². The molecule has 2 N–H and O–H groups in total. The Kier molecular flexibility index (Phi) is 7.00. The second kappa shape index (κ2) is 9.87. The molecular weight excluding hydrogens is 368 g/mol. The van der Waals surface area contributed by atoms with Gasteiger partial charge >= 0.3 is 5.97 Å². The van der Waals surface area contributed by atoms with Crippen LogP contribution in [0.2, 0.25) is 0 Å². The first-order valence-corrected chi connectivity index (χ1v) is 9.92. The Morgan fingerprint density at radius 1 is 0.966 bits per heavy atom. The van der Waals surface area contributed by atoms with Gasteiger partial charge in [-0.15, -0.1) is 0 Å². The molecule has 1 fully saturated rings. The van der Waals surface area contributed by atoms with Crippen molar-refractivity contribution in [1.29, 1.82) is 0 Å². The molecule has 1 aliphatic rings. The third-order valence-electron chi connectivity index (χ3n) is 5.31. The number of piperidine rings is 1. The van der Waals surface area contributed by atoms with Crippen LogP contribution in [0.15, 0.2) is 54.6 Å². The molecule has 1 saturated heterocycles. The molecule has 0 radical (unpaired) electrons. The average Bonchev–Trinajstić information content (AvgIpc) is 2.73. The zero-order valence-electron chi connectivity index (χ0n) is 16.3. The van der Waals surface area contributed by atoms with E-state index in [0.29, 0.717) is 24.6 Å². The van der Waals surface area contributed by atoms with Crippen molar-refractivity contribution in [3.8, 4) is 0 Å². The summed E-state index contributed by atoms with van der Waals surface area (Å²) in [6, 6.07) is 16.7. The minimum Gasteiger partial charge on any atom is -0.478 e. The number of benzene rings is 2. The Morgan fingerprint density at radius 2 is 1.66 bits per heavy atom. The molecule has 2 amide bonds. The molecular formula is C23H26N2O4. The number of aromatic carboxylic acids is 1. The summed E-state index contributed by atoms with van der Waals surface area (Å²) >= 11 is 0. The molecule has 0 spiro atoms. The fourth-order valence-corrected chi connectivity index (χ4v) is 3.68. The van der Waals surface area contributed by atoms with Crippen molar-refractivity contribution < 1.29 is 19.5 Å². The summed E-state index contributed by atoms with van der Waals surface area (Å²) in [5, 5.41) is 11.7. The lowest BCUT2D eigenvalue weighted by Crippen LogP contribution is -2.44. The second-order valence-corrected chi connectivity index (χ2v) is 7.47. The Bertz CT molecular complexity index is 858. The van der Waals surface area contributed by atoms with E-state index in [-0.39, 0.29) is 30.3 Å². The van der Waals surface area contributed by atoms with Gasteiger partial charge in [-0.2, -0.15) is 0 Å². The number of likely N-dealkylation sites (tertiary alicyclic amines) is 1. The van der Waals surface area contributed by atoms with Crippen molar-refractivity contribution in [2.45, 2.75) is 25.7 Å². The van der Waals surface area contributed by atoms with Gasteiger partial charge in [-0.05, 0) is 48.4 Å². The number of hydrogen-bond acceptors (Lipinski definition) is 3. The fourth-order valence-electron chi connectivity index (χ4n) is 3.68. The monoisotopic (exact) mass is 394 g/mol. The van der Waals surface area contributed by atoms with Crippen LogP contribution in [0.3, 0.4) is 0 Å². The number of amides is 2. The molecule has 3 rings (SSSR count). The summed E-state index contributed by atoms with van der Waals surface area (Å²) < 4.78 is 0. The molecule has 6 nitrogen and oxygen atoms in total. The summed E-state index contributed by atoms with van der Waals surface area (Å²) in [6.07, 6.45) is 3.02. The third kappa shape index (κ3) is 6.17. The quantitative estimate of drug-likeness (QED) is 0.756. The predicted molar refractivity (Wildman–Crippen MR) is 110 cm³/mol. The van der Waals surface area contributed by atoms with Crippen LogP contribution < -0.4 is 5.32 Å². The highest BCUT2D eigenvalue weighted by molar-refractivity contribution is 5.89. The van der Waals surface area contributed by atoms with E-state index in [0.717, 1.165) is 19.3 Å². The van der Waals surface area contributed by atoms with Crippen LogP contribution in [0.5, 0.6) is 0 Å². The van der Waals surface area contributed by atoms with E-state index in [2.05, 4.69) is 29.6 Å². The summed E-state index contributed by atoms with van der Waals surface area (Å²) in [7, 11) is 0. The highest BCUT2D eigenvalue weighted by Gasteiger charge is 2.23. The van der Waals surface area contributed by atoms with Crippen molar-refractivity contribution in [1.82, 2.24) is 10.2 Å². The lowest BCUT2D eigenvalue weighted by molar-refractivity contribution is -0.133. The zero-order valence-corrected chi connectivity index (χ0v) is 16.3. The minimum absolute atomic E-state index is 0.0270. The molecule has 0 aliphatic carbocycles. The summed E-state index contributed by atoms with van der Waals surface area (Å²) in [5.74, 6) is -0.814. The van der Waals surface area contributed by atoms with E-state index in [1.807, 2.05) is 11.0 Å². The van der Waals surface area contributed by atoms with E-state index >= 15 is 0 Å². The van der Waals surface area contributed by atoms with Crippen molar-refractivity contribution >= 4 is 17.8 Å². The Balaban J connectivity index is 1.40. The highest BCUT2D eigenvalue weighted by Crippen LogP contribution is 2.21. The number of nitrogens with zero attached hydrogens (tertiary/aromatic N) is 1. The number of carboxylic acid groups (broad SMARTS) is 1. The maximum absolute atomic E-state index is 12.4. The predicted octanol–water partition coefficient (Wildman–Crippen LogP) is 2.52. The summed E-state index contributed by atoms with van der Waals surface area (Å²) in [5.41, 5.74) is 2.08. The molecule has 1 aliphatic heterocycles. The van der Waals surface area contributed by atoms with Crippen LogP contribution in [-0.4, -0.2) is 47.4 Å². The van der Waals surface area contributed by atoms with Gasteiger partial charge in [0.15, 0.2) is 0 Å². The molecule has 6 heteroatoms. The van der Waals surface area contributed by atoms with Crippen molar-refractivity contribution in [3.05, 3.63) is 71.3 Å². The van der Waals surface area contributed by atoms with E-state index in [4.69, 9.17) is 5.11 Å². The molecule has 2 aromatic carbocycles. The third-order valence-corrected chi connectivity index (χ3v) is 5.31. The lowest BCUT2D eigenvalue weighted by atomic mass is 9.90.